The Kier molecular flexibility index (Phi) is 3.47. The summed E-state index contributed by atoms with van der Waals surface area (Å²) in [6.07, 6.45) is 1.79. The Hall–Kier alpha value is -3.20. The van der Waals surface area contributed by atoms with Gasteiger partial charge in [0.2, 0.25) is 5.90 Å². The molecule has 0 amide bonds. The van der Waals surface area contributed by atoms with Crippen LogP contribution in [0.1, 0.15) is 16.7 Å². The van der Waals surface area contributed by atoms with Crippen molar-refractivity contribution in [2.24, 2.45) is 4.99 Å². The van der Waals surface area contributed by atoms with Crippen molar-refractivity contribution in [1.82, 2.24) is 0 Å². The first-order chi connectivity index (χ1) is 11.7. The molecule has 0 saturated carbocycles. The highest BCUT2D eigenvalue weighted by atomic mass is 16.6. The molecular weight excluding hydrogens is 298 g/mol. The molecule has 3 aromatic rings. The van der Waals surface area contributed by atoms with Gasteiger partial charge in [0.25, 0.3) is 0 Å². The van der Waals surface area contributed by atoms with Crippen molar-refractivity contribution in [3.8, 4) is 0 Å². The van der Waals surface area contributed by atoms with Crippen LogP contribution >= 0.6 is 0 Å². The van der Waals surface area contributed by atoms with Crippen molar-refractivity contribution >= 4 is 28.7 Å². The number of ether oxygens (including phenoxy) is 1. The number of fused-ring (bicyclic) bond motifs is 1. The smallest absolute Gasteiger partial charge is 0.363 e. The number of esters is 1. The predicted octanol–water partition coefficient (Wildman–Crippen LogP) is 4.49. The highest BCUT2D eigenvalue weighted by Gasteiger charge is 2.25. The molecule has 0 atom stereocenters. The number of rotatable bonds is 2. The van der Waals surface area contributed by atoms with Crippen molar-refractivity contribution in [3.63, 3.8) is 0 Å². The minimum absolute atomic E-state index is 0.324. The summed E-state index contributed by atoms with van der Waals surface area (Å²) in [5, 5.41) is 2.21. The second kappa shape index (κ2) is 5.78. The number of cyclic esters (lactones) is 1. The van der Waals surface area contributed by atoms with Gasteiger partial charge in [-0.3, -0.25) is 0 Å². The number of hydrogen-bond donors (Lipinski definition) is 0. The van der Waals surface area contributed by atoms with Crippen LogP contribution in [0, 0.1) is 6.92 Å². The maximum Gasteiger partial charge on any atom is 0.363 e. The maximum absolute atomic E-state index is 12.2. The molecule has 0 spiro atoms. The molecule has 3 aromatic carbocycles. The van der Waals surface area contributed by atoms with Crippen LogP contribution in [0.15, 0.2) is 77.4 Å². The van der Waals surface area contributed by atoms with Crippen molar-refractivity contribution in [1.29, 1.82) is 0 Å². The Balaban J connectivity index is 1.80. The number of benzene rings is 3. The fourth-order valence-corrected chi connectivity index (χ4v) is 2.86. The van der Waals surface area contributed by atoms with Gasteiger partial charge in [-0.2, -0.15) is 0 Å². The molecule has 0 fully saturated rings. The number of nitrogens with zero attached hydrogens (tertiary/aromatic N) is 1. The van der Waals surface area contributed by atoms with Crippen LogP contribution in [0.4, 0.5) is 0 Å². The second-order valence-electron chi connectivity index (χ2n) is 5.72. The Morgan fingerprint density at radius 1 is 0.917 bits per heavy atom. The van der Waals surface area contributed by atoms with Crippen LogP contribution in [-0.2, 0) is 9.53 Å². The van der Waals surface area contributed by atoms with Crippen molar-refractivity contribution in [2.45, 2.75) is 6.92 Å². The van der Waals surface area contributed by atoms with E-state index in [1.54, 1.807) is 6.08 Å². The highest BCUT2D eigenvalue weighted by Crippen LogP contribution is 2.24. The molecule has 1 aliphatic heterocycles. The van der Waals surface area contributed by atoms with E-state index >= 15 is 0 Å². The van der Waals surface area contributed by atoms with Gasteiger partial charge in [0.15, 0.2) is 5.70 Å². The number of aliphatic imine (C=N–C) groups is 1. The molecule has 1 aliphatic rings. The largest absolute Gasteiger partial charge is 0.402 e. The molecule has 0 bridgehead atoms. The monoisotopic (exact) mass is 313 g/mol. The minimum Gasteiger partial charge on any atom is -0.402 e. The number of aryl methyl sites for hydroxylation is 1. The molecule has 0 radical (unpaired) electrons. The summed E-state index contributed by atoms with van der Waals surface area (Å²) in [6, 6.07) is 21.8. The lowest BCUT2D eigenvalue weighted by molar-refractivity contribution is -0.129. The zero-order valence-electron chi connectivity index (χ0n) is 13.2. The Bertz CT molecular complexity index is 1010. The summed E-state index contributed by atoms with van der Waals surface area (Å²) in [7, 11) is 0. The van der Waals surface area contributed by atoms with Gasteiger partial charge in [0.1, 0.15) is 0 Å². The van der Waals surface area contributed by atoms with E-state index in [1.807, 2.05) is 73.7 Å². The van der Waals surface area contributed by atoms with Gasteiger partial charge in [-0.05, 0) is 41.0 Å². The van der Waals surface area contributed by atoms with E-state index < -0.39 is 5.97 Å². The van der Waals surface area contributed by atoms with E-state index in [2.05, 4.69) is 4.99 Å². The summed E-state index contributed by atoms with van der Waals surface area (Å²) in [4.78, 5) is 16.6. The molecule has 24 heavy (non-hydrogen) atoms. The van der Waals surface area contributed by atoms with Crippen molar-refractivity contribution in [2.75, 3.05) is 0 Å². The standard InChI is InChI=1S/C21H15NO2/c1-14-7-2-4-11-17(14)20-22-19(21(23)24-20)13-16-10-6-9-15-8-3-5-12-18(15)16/h2-13H,1H3/b19-13-. The topological polar surface area (TPSA) is 38.7 Å². The first-order valence-electron chi connectivity index (χ1n) is 7.79. The third-order valence-corrected chi connectivity index (χ3v) is 4.11. The predicted molar refractivity (Wildman–Crippen MR) is 95.7 cm³/mol. The minimum atomic E-state index is -0.416. The van der Waals surface area contributed by atoms with Crippen LogP contribution in [0.5, 0.6) is 0 Å². The van der Waals surface area contributed by atoms with Gasteiger partial charge in [0.05, 0.1) is 0 Å². The molecule has 3 nitrogen and oxygen atoms in total. The molecule has 0 aliphatic carbocycles. The zero-order valence-corrected chi connectivity index (χ0v) is 13.2. The fraction of sp³-hybridized carbons (Fsp3) is 0.0476. The average Bonchev–Trinajstić information content (AvgIpc) is 2.96. The first kappa shape index (κ1) is 14.4. The first-order valence-corrected chi connectivity index (χ1v) is 7.79. The summed E-state index contributed by atoms with van der Waals surface area (Å²) in [5.74, 6) is -0.0502. The molecule has 4 rings (SSSR count). The van der Waals surface area contributed by atoms with Crippen LogP contribution in [0.3, 0.4) is 0 Å². The van der Waals surface area contributed by atoms with Crippen LogP contribution < -0.4 is 0 Å². The molecule has 3 heteroatoms. The Morgan fingerprint density at radius 2 is 1.67 bits per heavy atom. The SMILES string of the molecule is Cc1ccccc1C1=N/C(=C\c2cccc3ccccc23)C(=O)O1. The summed E-state index contributed by atoms with van der Waals surface area (Å²) in [6.45, 7) is 1.97. The third kappa shape index (κ3) is 2.50. The molecule has 0 saturated heterocycles. The van der Waals surface area contributed by atoms with E-state index in [0.717, 1.165) is 27.5 Å². The average molecular weight is 313 g/mol. The summed E-state index contributed by atoms with van der Waals surface area (Å²) < 4.78 is 5.37. The quantitative estimate of drug-likeness (QED) is 0.516. The summed E-state index contributed by atoms with van der Waals surface area (Å²) in [5.41, 5.74) is 3.14. The number of carbonyl (C=O) groups is 1. The number of hydrogen-bond acceptors (Lipinski definition) is 3. The summed E-state index contributed by atoms with van der Waals surface area (Å²) >= 11 is 0. The van der Waals surface area contributed by atoms with Gasteiger partial charge in [0, 0.05) is 5.56 Å². The molecule has 0 unspecified atom stereocenters. The van der Waals surface area contributed by atoms with Gasteiger partial charge in [-0.15, -0.1) is 0 Å². The van der Waals surface area contributed by atoms with Gasteiger partial charge in [-0.1, -0.05) is 60.7 Å². The second-order valence-corrected chi connectivity index (χ2v) is 5.72. The van der Waals surface area contributed by atoms with E-state index in [9.17, 15) is 4.79 Å². The Labute approximate surface area is 139 Å². The lowest BCUT2D eigenvalue weighted by atomic mass is 10.0. The molecule has 1 heterocycles. The van der Waals surface area contributed by atoms with Gasteiger partial charge in [-0.25, -0.2) is 9.79 Å². The van der Waals surface area contributed by atoms with Crippen molar-refractivity contribution in [3.05, 3.63) is 89.1 Å². The maximum atomic E-state index is 12.2. The van der Waals surface area contributed by atoms with Gasteiger partial charge >= 0.3 is 5.97 Å². The molecule has 0 aromatic heterocycles. The number of carbonyl (C=O) groups excluding carboxylic acids is 1. The van der Waals surface area contributed by atoms with E-state index in [-0.39, 0.29) is 0 Å². The highest BCUT2D eigenvalue weighted by molar-refractivity contribution is 6.13. The molecular formula is C21H15NO2. The normalized spacial score (nSPS) is 15.6. The molecule has 116 valence electrons. The van der Waals surface area contributed by atoms with Gasteiger partial charge < -0.3 is 4.74 Å². The van der Waals surface area contributed by atoms with Crippen molar-refractivity contribution < 1.29 is 9.53 Å². The van der Waals surface area contributed by atoms with E-state index in [1.165, 1.54) is 0 Å². The Morgan fingerprint density at radius 3 is 2.54 bits per heavy atom. The van der Waals surface area contributed by atoms with Crippen LogP contribution in [0.25, 0.3) is 16.8 Å². The van der Waals surface area contributed by atoms with E-state index in [4.69, 9.17) is 4.74 Å². The zero-order chi connectivity index (χ0) is 16.5. The van der Waals surface area contributed by atoms with Crippen LogP contribution in [0.2, 0.25) is 0 Å². The lowest BCUT2D eigenvalue weighted by Crippen LogP contribution is -2.06. The lowest BCUT2D eigenvalue weighted by Gasteiger charge is -2.02. The molecule has 0 N–H and O–H groups in total. The third-order valence-electron chi connectivity index (χ3n) is 4.11. The fourth-order valence-electron chi connectivity index (χ4n) is 2.86. The van der Waals surface area contributed by atoms with E-state index in [0.29, 0.717) is 11.6 Å². The van der Waals surface area contributed by atoms with Crippen LogP contribution in [-0.4, -0.2) is 11.9 Å².